The minimum Gasteiger partial charge on any atom is -0.478 e. The fraction of sp³-hybridized carbons (Fsp3) is 0.341. The second-order valence-electron chi connectivity index (χ2n) is 16.4. The van der Waals surface area contributed by atoms with Crippen molar-refractivity contribution in [2.75, 3.05) is 11.1 Å². The topological polar surface area (TPSA) is 170 Å². The lowest BCUT2D eigenvalue weighted by molar-refractivity contribution is -0.234. The molecule has 4 aromatic heterocycles. The molecule has 0 saturated heterocycles. The number of nitrogens with two attached hydrogens (primary N) is 1. The van der Waals surface area contributed by atoms with Crippen molar-refractivity contribution in [2.24, 2.45) is 0 Å². The number of nitrogen functional groups attached to an aromatic ring is 1. The van der Waals surface area contributed by atoms with E-state index in [1.165, 1.54) is 12.1 Å². The third-order valence-corrected chi connectivity index (χ3v) is 8.78. The quantitative estimate of drug-likeness (QED) is 0.132. The minimum absolute atomic E-state index is 0.0112. The van der Waals surface area contributed by atoms with E-state index in [0.29, 0.717) is 0 Å². The second-order valence-corrected chi connectivity index (χ2v) is 16.4. The van der Waals surface area contributed by atoms with Gasteiger partial charge in [-0.25, -0.2) is 42.9 Å². The summed E-state index contributed by atoms with van der Waals surface area (Å²) in [6.07, 6.45) is -16.8. The van der Waals surface area contributed by atoms with Gasteiger partial charge in [0.25, 0.3) is 0 Å². The first-order valence-corrected chi connectivity index (χ1v) is 19.3. The number of nitrogens with one attached hydrogen (secondary N) is 1. The van der Waals surface area contributed by atoms with Crippen LogP contribution in [0.15, 0.2) is 73.3 Å². The summed E-state index contributed by atoms with van der Waals surface area (Å²) < 4.78 is 202. The Bertz CT molecular complexity index is 2780. The molecule has 69 heavy (non-hydrogen) atoms. The number of carbonyl (C=O) groups is 1. The van der Waals surface area contributed by atoms with Crippen molar-refractivity contribution in [3.8, 4) is 45.4 Å². The summed E-state index contributed by atoms with van der Waals surface area (Å²) in [5.41, 5.74) is -0.731. The Balaban J connectivity index is 0.000000263. The number of benzene rings is 2. The molecule has 2 aromatic carbocycles. The van der Waals surface area contributed by atoms with Crippen LogP contribution in [-0.2, 0) is 17.1 Å². The molecule has 0 atom stereocenters. The number of ether oxygens (including phenoxy) is 3. The van der Waals surface area contributed by atoms with Gasteiger partial charge in [0.15, 0.2) is 17.0 Å². The third-order valence-electron chi connectivity index (χ3n) is 8.78. The number of carbonyl (C=O) groups excluding carboxylic acids is 1. The Labute approximate surface area is 380 Å². The van der Waals surface area contributed by atoms with Crippen molar-refractivity contribution in [1.29, 1.82) is 0 Å². The van der Waals surface area contributed by atoms with E-state index in [1.807, 2.05) is 0 Å². The Morgan fingerprint density at radius 3 is 1.29 bits per heavy atom. The van der Waals surface area contributed by atoms with Crippen molar-refractivity contribution < 1.29 is 80.5 Å². The largest absolute Gasteiger partial charge is 0.478 e. The molecule has 0 aliphatic rings. The number of hydrogen-bond donors (Lipinski definition) is 2. The lowest BCUT2D eigenvalue weighted by atomic mass is 10.1. The zero-order chi connectivity index (χ0) is 51.9. The van der Waals surface area contributed by atoms with E-state index in [1.54, 1.807) is 20.8 Å². The number of aromatic nitrogens is 8. The molecule has 0 bridgehead atoms. The van der Waals surface area contributed by atoms with Gasteiger partial charge in [0.1, 0.15) is 45.9 Å². The molecule has 0 saturated carbocycles. The maximum absolute atomic E-state index is 14.5. The molecule has 372 valence electrons. The monoisotopic (exact) mass is 998 g/mol. The number of anilines is 2. The van der Waals surface area contributed by atoms with Crippen LogP contribution in [0.4, 0.5) is 77.9 Å². The normalized spacial score (nSPS) is 12.8. The van der Waals surface area contributed by atoms with Crippen molar-refractivity contribution >= 4 is 17.7 Å². The zero-order valence-corrected chi connectivity index (χ0v) is 36.5. The summed E-state index contributed by atoms with van der Waals surface area (Å²) in [7, 11) is 0. The molecule has 14 nitrogen and oxygen atoms in total. The van der Waals surface area contributed by atoms with Crippen molar-refractivity contribution in [1.82, 2.24) is 39.5 Å². The standard InChI is InChI=1S/C23H22F7N5O3.C18H14F7N5O/c1-20(2,3)38-19(36)33-17-9-16(35(34-17)14-10-31-18(32-11-14)22(25,26)27)12-6-13(24)8-15(7-12)37-21(4,5)23(28,29)30;1-16(2,18(23,24)25)31-12-4-9(3-10(19)5-12)13-6-14(26)29-30(13)11-7-27-15(28-8-11)17(20,21)22/h6-11H,1-5H3,(H,33,34,36);3-8H,1-2H3,(H2,26,29). The highest BCUT2D eigenvalue weighted by Gasteiger charge is 2.51. The summed E-state index contributed by atoms with van der Waals surface area (Å²) in [5, 5.41) is 10.3. The van der Waals surface area contributed by atoms with Gasteiger partial charge in [-0.05, 0) is 72.7 Å². The SMILES string of the molecule is CC(C)(C)OC(=O)Nc1cc(-c2cc(F)cc(OC(C)(C)C(F)(F)F)c2)n(-c2cnc(C(F)(F)F)nc2)n1.CC(C)(Oc1cc(F)cc(-c2cc(N)nn2-c2cnc(C(F)(F)F)nc2)c1)C(F)(F)F. The highest BCUT2D eigenvalue weighted by atomic mass is 19.4. The number of amides is 1. The van der Waals surface area contributed by atoms with E-state index >= 15 is 0 Å². The predicted molar refractivity (Wildman–Crippen MR) is 215 cm³/mol. The molecule has 0 aliphatic heterocycles. The Hall–Kier alpha value is -7.29. The molecule has 4 heterocycles. The van der Waals surface area contributed by atoms with Crippen LogP contribution in [0.5, 0.6) is 11.5 Å². The van der Waals surface area contributed by atoms with Gasteiger partial charge >= 0.3 is 30.8 Å². The molecular weight excluding hydrogens is 962 g/mol. The van der Waals surface area contributed by atoms with Crippen molar-refractivity contribution in [3.05, 3.63) is 96.6 Å². The molecule has 28 heteroatoms. The number of nitrogens with zero attached hydrogens (tertiary/aromatic N) is 8. The van der Waals surface area contributed by atoms with E-state index in [4.69, 9.17) is 19.9 Å². The second kappa shape index (κ2) is 18.7. The van der Waals surface area contributed by atoms with Crippen LogP contribution in [0.1, 0.15) is 60.1 Å². The van der Waals surface area contributed by atoms with Gasteiger partial charge in [0.2, 0.25) is 11.6 Å². The van der Waals surface area contributed by atoms with E-state index in [-0.39, 0.29) is 45.5 Å². The summed E-state index contributed by atoms with van der Waals surface area (Å²) in [6, 6.07) is 8.07. The van der Waals surface area contributed by atoms with Crippen molar-refractivity contribution in [3.63, 3.8) is 0 Å². The molecule has 3 N–H and O–H groups in total. The fourth-order valence-corrected chi connectivity index (χ4v) is 5.45. The Morgan fingerprint density at radius 2 is 0.928 bits per heavy atom. The van der Waals surface area contributed by atoms with Crippen LogP contribution in [0, 0.1) is 11.6 Å². The number of rotatable bonds is 9. The Kier molecular flexibility index (Phi) is 14.2. The number of halogens is 14. The van der Waals surface area contributed by atoms with Crippen LogP contribution in [0.25, 0.3) is 33.9 Å². The molecule has 1 amide bonds. The highest BCUT2D eigenvalue weighted by molar-refractivity contribution is 5.85. The summed E-state index contributed by atoms with van der Waals surface area (Å²) in [4.78, 5) is 25.2. The highest BCUT2D eigenvalue weighted by Crippen LogP contribution is 2.39. The summed E-state index contributed by atoms with van der Waals surface area (Å²) in [5.74, 6) is -5.87. The number of hydrogen-bond acceptors (Lipinski definition) is 11. The first-order valence-electron chi connectivity index (χ1n) is 19.3. The van der Waals surface area contributed by atoms with Gasteiger partial charge in [0, 0.05) is 35.4 Å². The van der Waals surface area contributed by atoms with Gasteiger partial charge in [-0.2, -0.15) is 52.7 Å². The van der Waals surface area contributed by atoms with E-state index in [9.17, 15) is 66.3 Å². The predicted octanol–water partition coefficient (Wildman–Crippen LogP) is 11.3. The van der Waals surface area contributed by atoms with Crippen LogP contribution < -0.4 is 20.5 Å². The van der Waals surface area contributed by atoms with E-state index < -0.39 is 82.4 Å². The number of alkyl halides is 12. The average molecular weight is 999 g/mol. The van der Waals surface area contributed by atoms with Crippen molar-refractivity contribution in [2.45, 2.75) is 90.0 Å². The van der Waals surface area contributed by atoms with E-state index in [0.717, 1.165) is 98.2 Å². The first kappa shape index (κ1) is 52.7. The van der Waals surface area contributed by atoms with Gasteiger partial charge in [-0.1, -0.05) is 0 Å². The third kappa shape index (κ3) is 13.2. The lowest BCUT2D eigenvalue weighted by Crippen LogP contribution is -2.44. The fourth-order valence-electron chi connectivity index (χ4n) is 5.45. The van der Waals surface area contributed by atoms with Crippen LogP contribution in [-0.4, -0.2) is 74.7 Å². The molecule has 6 aromatic rings. The molecule has 0 unspecified atom stereocenters. The van der Waals surface area contributed by atoms with Crippen LogP contribution >= 0.6 is 0 Å². The molecule has 6 rings (SSSR count). The van der Waals surface area contributed by atoms with Gasteiger partial charge in [-0.15, -0.1) is 10.2 Å². The average Bonchev–Trinajstić information content (AvgIpc) is 3.79. The molecule has 0 aliphatic carbocycles. The smallest absolute Gasteiger partial charge is 0.451 e. The molecule has 0 radical (unpaired) electrons. The summed E-state index contributed by atoms with van der Waals surface area (Å²) >= 11 is 0. The maximum atomic E-state index is 14.5. The zero-order valence-electron chi connectivity index (χ0n) is 36.5. The van der Waals surface area contributed by atoms with Crippen LogP contribution in [0.2, 0.25) is 0 Å². The summed E-state index contributed by atoms with van der Waals surface area (Å²) in [6.45, 7) is 7.87. The lowest BCUT2D eigenvalue weighted by Gasteiger charge is -2.29. The van der Waals surface area contributed by atoms with Crippen LogP contribution in [0.3, 0.4) is 0 Å². The first-order chi connectivity index (χ1) is 31.4. The maximum Gasteiger partial charge on any atom is 0.451 e. The van der Waals surface area contributed by atoms with Gasteiger partial charge < -0.3 is 19.9 Å². The van der Waals surface area contributed by atoms with E-state index in [2.05, 4.69) is 35.5 Å². The molecule has 0 fully saturated rings. The minimum atomic E-state index is -4.82. The Morgan fingerprint density at radius 1 is 0.551 bits per heavy atom. The molecule has 0 spiro atoms. The van der Waals surface area contributed by atoms with Gasteiger partial charge in [-0.3, -0.25) is 5.32 Å². The molecular formula is C41H36F14N10O4. The van der Waals surface area contributed by atoms with Gasteiger partial charge in [0.05, 0.1) is 36.2 Å².